The average Bonchev–Trinajstić information content (AvgIpc) is 3.24. The Bertz CT molecular complexity index is 2730. The molecule has 0 bridgehead atoms. The van der Waals surface area contributed by atoms with Crippen molar-refractivity contribution in [3.63, 3.8) is 0 Å². The molecule has 10 rings (SSSR count). The molecule has 3 nitrogen and oxygen atoms in total. The summed E-state index contributed by atoms with van der Waals surface area (Å²) in [6, 6.07) is 66.5. The van der Waals surface area contributed by atoms with Crippen LogP contribution in [0.2, 0.25) is 0 Å². The Morgan fingerprint density at radius 1 is 0.283 bits per heavy atom. The van der Waals surface area contributed by atoms with Crippen molar-refractivity contribution in [3.05, 3.63) is 188 Å². The molecule has 9 aromatic rings. The molecular weight excluding hydrogens is 663 g/mol. The molecule has 0 radical (unpaired) electrons. The first-order chi connectivity index (χ1) is 26.2. The SMILES string of the molecule is c1ccc(-c2nc(-c3ccccc3)nc(-c3cccc(-c4cccc(-c5ccc(-c6ccc7c(c6)-c6cccc8cccc(c68)S7)cc5)c4)c3)n2)cc1. The van der Waals surface area contributed by atoms with Gasteiger partial charge in [0.2, 0.25) is 0 Å². The smallest absolute Gasteiger partial charge is 0.164 e. The van der Waals surface area contributed by atoms with E-state index in [1.807, 2.05) is 72.4 Å². The lowest BCUT2D eigenvalue weighted by molar-refractivity contribution is 1.07. The van der Waals surface area contributed by atoms with Crippen molar-refractivity contribution in [2.45, 2.75) is 9.79 Å². The van der Waals surface area contributed by atoms with Gasteiger partial charge in [0, 0.05) is 31.9 Å². The first kappa shape index (κ1) is 31.1. The van der Waals surface area contributed by atoms with E-state index < -0.39 is 0 Å². The number of rotatable bonds is 6. The molecule has 2 heterocycles. The Balaban J connectivity index is 0.961. The molecule has 0 unspecified atom stereocenters. The van der Waals surface area contributed by atoms with Gasteiger partial charge in [-0.1, -0.05) is 169 Å². The van der Waals surface area contributed by atoms with Crippen LogP contribution in [0.25, 0.3) is 89.4 Å². The van der Waals surface area contributed by atoms with Crippen LogP contribution in [0, 0.1) is 0 Å². The Hall–Kier alpha value is -6.62. The maximum Gasteiger partial charge on any atom is 0.164 e. The summed E-state index contributed by atoms with van der Waals surface area (Å²) < 4.78 is 0. The highest BCUT2D eigenvalue weighted by Crippen LogP contribution is 2.48. The fourth-order valence-corrected chi connectivity index (χ4v) is 8.38. The van der Waals surface area contributed by atoms with Crippen molar-refractivity contribution >= 4 is 22.5 Å². The maximum atomic E-state index is 4.95. The van der Waals surface area contributed by atoms with Crippen LogP contribution in [-0.2, 0) is 0 Å². The number of fused-ring (bicyclic) bond motifs is 2. The van der Waals surface area contributed by atoms with E-state index in [1.54, 1.807) is 0 Å². The van der Waals surface area contributed by atoms with E-state index in [-0.39, 0.29) is 0 Å². The number of benzene rings is 8. The molecule has 248 valence electrons. The summed E-state index contributed by atoms with van der Waals surface area (Å²) in [5.41, 5.74) is 12.5. The largest absolute Gasteiger partial charge is 0.208 e. The summed E-state index contributed by atoms with van der Waals surface area (Å²) in [5, 5.41) is 2.65. The Morgan fingerprint density at radius 3 is 1.36 bits per heavy atom. The summed E-state index contributed by atoms with van der Waals surface area (Å²) in [7, 11) is 0. The number of hydrogen-bond acceptors (Lipinski definition) is 4. The summed E-state index contributed by atoms with van der Waals surface area (Å²) in [5.74, 6) is 1.96. The maximum absolute atomic E-state index is 4.95. The van der Waals surface area contributed by atoms with E-state index in [4.69, 9.17) is 15.0 Å². The fourth-order valence-electron chi connectivity index (χ4n) is 7.25. The van der Waals surface area contributed by atoms with Crippen molar-refractivity contribution in [1.29, 1.82) is 0 Å². The average molecular weight is 694 g/mol. The zero-order chi connectivity index (χ0) is 35.1. The summed E-state index contributed by atoms with van der Waals surface area (Å²) in [6.45, 7) is 0. The van der Waals surface area contributed by atoms with Gasteiger partial charge < -0.3 is 0 Å². The number of nitrogens with zero attached hydrogens (tertiary/aromatic N) is 3. The van der Waals surface area contributed by atoms with Crippen molar-refractivity contribution in [2.24, 2.45) is 0 Å². The van der Waals surface area contributed by atoms with E-state index in [1.165, 1.54) is 53.9 Å². The van der Waals surface area contributed by atoms with Gasteiger partial charge in [0.25, 0.3) is 0 Å². The third-order valence-corrected chi connectivity index (χ3v) is 11.1. The highest BCUT2D eigenvalue weighted by molar-refractivity contribution is 7.99. The lowest BCUT2D eigenvalue weighted by Crippen LogP contribution is -2.00. The van der Waals surface area contributed by atoms with Crippen LogP contribution in [-0.4, -0.2) is 15.0 Å². The highest BCUT2D eigenvalue weighted by atomic mass is 32.2. The number of hydrogen-bond donors (Lipinski definition) is 0. The van der Waals surface area contributed by atoms with Crippen molar-refractivity contribution < 1.29 is 0 Å². The van der Waals surface area contributed by atoms with Gasteiger partial charge >= 0.3 is 0 Å². The quantitative estimate of drug-likeness (QED) is 0.174. The lowest BCUT2D eigenvalue weighted by atomic mass is 9.93. The second-order valence-corrected chi connectivity index (χ2v) is 14.3. The standard InChI is InChI=1S/C49H31N3S/c1-3-11-35(12-4-1)47-50-48(36-13-5-2-6-14-36)52-49(51-47)41-20-8-19-39(30-41)38-18-7-17-37(29-38)32-23-25-33(26-24-32)40-27-28-44-43(31-40)42-21-9-15-34-16-10-22-45(53-44)46(34)42/h1-31H. The second-order valence-electron chi connectivity index (χ2n) is 13.3. The second kappa shape index (κ2) is 13.2. The lowest BCUT2D eigenvalue weighted by Gasteiger charge is -2.21. The van der Waals surface area contributed by atoms with E-state index >= 15 is 0 Å². The Labute approximate surface area is 312 Å². The summed E-state index contributed by atoms with van der Waals surface area (Å²) in [6.07, 6.45) is 0. The molecule has 1 aromatic heterocycles. The van der Waals surface area contributed by atoms with Gasteiger partial charge in [0.15, 0.2) is 17.5 Å². The molecule has 1 aliphatic rings. The highest BCUT2D eigenvalue weighted by Gasteiger charge is 2.19. The molecule has 1 aliphatic heterocycles. The van der Waals surface area contributed by atoms with Crippen LogP contribution in [0.4, 0.5) is 0 Å². The van der Waals surface area contributed by atoms with Crippen LogP contribution in [0.5, 0.6) is 0 Å². The molecule has 0 saturated heterocycles. The van der Waals surface area contributed by atoms with Crippen molar-refractivity contribution in [1.82, 2.24) is 15.0 Å². The van der Waals surface area contributed by atoms with Crippen LogP contribution < -0.4 is 0 Å². The third kappa shape index (κ3) is 5.89. The van der Waals surface area contributed by atoms with Gasteiger partial charge in [-0.3, -0.25) is 0 Å². The minimum Gasteiger partial charge on any atom is -0.208 e. The van der Waals surface area contributed by atoms with E-state index in [9.17, 15) is 0 Å². The van der Waals surface area contributed by atoms with E-state index in [0.29, 0.717) is 17.5 Å². The molecule has 0 N–H and O–H groups in total. The fraction of sp³-hybridized carbons (Fsp3) is 0. The first-order valence-electron chi connectivity index (χ1n) is 17.8. The van der Waals surface area contributed by atoms with E-state index in [2.05, 4.69) is 127 Å². The predicted octanol–water partition coefficient (Wildman–Crippen LogP) is 13.2. The Kier molecular flexibility index (Phi) is 7.74. The predicted molar refractivity (Wildman–Crippen MR) is 220 cm³/mol. The first-order valence-corrected chi connectivity index (χ1v) is 18.6. The topological polar surface area (TPSA) is 38.7 Å². The molecule has 0 atom stereocenters. The van der Waals surface area contributed by atoms with Crippen molar-refractivity contribution in [2.75, 3.05) is 0 Å². The van der Waals surface area contributed by atoms with Crippen LogP contribution in [0.3, 0.4) is 0 Å². The molecule has 0 spiro atoms. The van der Waals surface area contributed by atoms with E-state index in [0.717, 1.165) is 27.8 Å². The zero-order valence-corrected chi connectivity index (χ0v) is 29.5. The van der Waals surface area contributed by atoms with Crippen LogP contribution in [0.1, 0.15) is 0 Å². The molecule has 0 aliphatic carbocycles. The normalized spacial score (nSPS) is 11.7. The van der Waals surface area contributed by atoms with Crippen LogP contribution in [0.15, 0.2) is 198 Å². The zero-order valence-electron chi connectivity index (χ0n) is 28.6. The van der Waals surface area contributed by atoms with Gasteiger partial charge in [-0.2, -0.15) is 0 Å². The minimum absolute atomic E-state index is 0.646. The molecule has 8 aromatic carbocycles. The molecule has 0 saturated carbocycles. The molecular formula is C49H31N3S. The molecule has 0 fully saturated rings. The third-order valence-electron chi connectivity index (χ3n) is 9.92. The monoisotopic (exact) mass is 693 g/mol. The summed E-state index contributed by atoms with van der Waals surface area (Å²) >= 11 is 1.87. The van der Waals surface area contributed by atoms with Gasteiger partial charge in [-0.25, -0.2) is 15.0 Å². The van der Waals surface area contributed by atoms with Gasteiger partial charge in [0.1, 0.15) is 0 Å². The minimum atomic E-state index is 0.646. The van der Waals surface area contributed by atoms with Gasteiger partial charge in [0.05, 0.1) is 0 Å². The Morgan fingerprint density at radius 2 is 0.736 bits per heavy atom. The van der Waals surface area contributed by atoms with Crippen molar-refractivity contribution in [3.8, 4) is 78.7 Å². The number of aromatic nitrogens is 3. The molecule has 0 amide bonds. The van der Waals surface area contributed by atoms with Gasteiger partial charge in [-0.05, 0) is 80.2 Å². The molecule has 53 heavy (non-hydrogen) atoms. The van der Waals surface area contributed by atoms with Gasteiger partial charge in [-0.15, -0.1) is 0 Å². The van der Waals surface area contributed by atoms with Crippen LogP contribution >= 0.6 is 11.8 Å². The molecule has 4 heteroatoms. The summed E-state index contributed by atoms with van der Waals surface area (Å²) in [4.78, 5) is 17.4.